The van der Waals surface area contributed by atoms with E-state index in [1.165, 1.54) is 22.3 Å². The zero-order valence-corrected chi connectivity index (χ0v) is 15.3. The van der Waals surface area contributed by atoms with Gasteiger partial charge in [0.2, 0.25) is 0 Å². The third-order valence-electron chi connectivity index (χ3n) is 4.36. The Labute approximate surface area is 165 Å². The van der Waals surface area contributed by atoms with Crippen LogP contribution in [0, 0.1) is 23.0 Å². The first kappa shape index (κ1) is 18.3. The molecule has 2 aromatic carbocycles. The largest absolute Gasteiger partial charge is 0.383 e. The van der Waals surface area contributed by atoms with Crippen molar-refractivity contribution in [3.63, 3.8) is 0 Å². The molecule has 1 aliphatic heterocycles. The summed E-state index contributed by atoms with van der Waals surface area (Å²) < 4.78 is 28.1. The predicted octanol–water partition coefficient (Wildman–Crippen LogP) is 3.01. The van der Waals surface area contributed by atoms with E-state index in [9.17, 15) is 8.78 Å². The normalized spacial score (nSPS) is 13.4. The van der Waals surface area contributed by atoms with E-state index in [1.54, 1.807) is 37.5 Å². The molecule has 0 unspecified atom stereocenters. The highest BCUT2D eigenvalue weighted by molar-refractivity contribution is 6.13. The second kappa shape index (κ2) is 7.18. The second-order valence-corrected chi connectivity index (χ2v) is 6.30. The van der Waals surface area contributed by atoms with Crippen LogP contribution >= 0.6 is 0 Å². The number of nitriles is 1. The van der Waals surface area contributed by atoms with Crippen LogP contribution in [-0.4, -0.2) is 23.0 Å². The summed E-state index contributed by atoms with van der Waals surface area (Å²) >= 11 is 0. The molecule has 2 heterocycles. The Hall–Kier alpha value is -4.03. The molecule has 0 atom stereocenters. The number of hydrogen-bond acceptors (Lipinski definition) is 7. The van der Waals surface area contributed by atoms with Gasteiger partial charge in [0.1, 0.15) is 11.5 Å². The third kappa shape index (κ3) is 3.33. The molecule has 4 rings (SSSR count). The smallest absolute Gasteiger partial charge is 0.184 e. The van der Waals surface area contributed by atoms with Crippen molar-refractivity contribution >= 4 is 17.3 Å². The Morgan fingerprint density at radius 2 is 1.90 bits per heavy atom. The fraction of sp³-hybridized carbons (Fsp3) is 0.0500. The number of nitrogen functional groups attached to an aromatic ring is 1. The summed E-state index contributed by atoms with van der Waals surface area (Å²) in [6.45, 7) is 0. The van der Waals surface area contributed by atoms with Crippen LogP contribution in [0.4, 0.5) is 20.3 Å². The summed E-state index contributed by atoms with van der Waals surface area (Å²) in [4.78, 5) is 4.22. The molecule has 3 N–H and O–H groups in total. The lowest BCUT2D eigenvalue weighted by atomic mass is 10.0. The molecule has 1 aliphatic rings. The predicted molar refractivity (Wildman–Crippen MR) is 105 cm³/mol. The summed E-state index contributed by atoms with van der Waals surface area (Å²) in [5.74, 6) is -1.58. The molecule has 29 heavy (non-hydrogen) atoms. The average Bonchev–Trinajstić information content (AvgIpc) is 3.11. The van der Waals surface area contributed by atoms with Crippen molar-refractivity contribution in [1.82, 2.24) is 15.6 Å². The van der Waals surface area contributed by atoms with E-state index in [-0.39, 0.29) is 17.3 Å². The maximum atomic E-state index is 14.4. The number of nitrogens with two attached hydrogens (primary N) is 1. The Morgan fingerprint density at radius 3 is 2.69 bits per heavy atom. The number of amidine groups is 1. The zero-order chi connectivity index (χ0) is 20.5. The van der Waals surface area contributed by atoms with Crippen molar-refractivity contribution < 1.29 is 8.78 Å². The maximum Gasteiger partial charge on any atom is 0.184 e. The topological polar surface area (TPSA) is 93.6 Å². The van der Waals surface area contributed by atoms with Gasteiger partial charge in [-0.15, -0.1) is 10.6 Å². The highest BCUT2D eigenvalue weighted by Crippen LogP contribution is 2.28. The van der Waals surface area contributed by atoms with E-state index >= 15 is 0 Å². The Kier molecular flexibility index (Phi) is 4.54. The standard InChI is InChI=1S/C20H15F2N7/c1-28-26-20(29(27-28)17-7-3-6-16(21)18(17)22)15-9-14(11-25-19(15)24)13-5-2-4-12(8-13)10-23/h2-9,11,27H,1H3,(H2,24,25). The third-order valence-corrected chi connectivity index (χ3v) is 4.36. The number of anilines is 2. The van der Waals surface area contributed by atoms with Crippen LogP contribution in [0.15, 0.2) is 59.8 Å². The number of hydrazine groups is 2. The molecule has 0 saturated heterocycles. The van der Waals surface area contributed by atoms with Crippen molar-refractivity contribution in [3.8, 4) is 17.2 Å². The lowest BCUT2D eigenvalue weighted by molar-refractivity contribution is 0.278. The number of benzene rings is 2. The average molecular weight is 391 g/mol. The molecule has 0 bridgehead atoms. The summed E-state index contributed by atoms with van der Waals surface area (Å²) in [7, 11) is 1.61. The molecule has 144 valence electrons. The van der Waals surface area contributed by atoms with Gasteiger partial charge in [-0.25, -0.2) is 23.9 Å². The summed E-state index contributed by atoms with van der Waals surface area (Å²) in [6, 6.07) is 14.7. The van der Waals surface area contributed by atoms with Gasteiger partial charge >= 0.3 is 0 Å². The second-order valence-electron chi connectivity index (χ2n) is 6.30. The fourth-order valence-corrected chi connectivity index (χ4v) is 2.99. The Bertz CT molecular complexity index is 1170. The van der Waals surface area contributed by atoms with E-state index in [0.717, 1.165) is 11.6 Å². The number of hydrogen-bond donors (Lipinski definition) is 2. The lowest BCUT2D eigenvalue weighted by Gasteiger charge is -2.22. The van der Waals surface area contributed by atoms with Gasteiger partial charge in [-0.2, -0.15) is 5.26 Å². The molecular formula is C20H15F2N7. The number of hydrazone groups is 1. The monoisotopic (exact) mass is 391 g/mol. The lowest BCUT2D eigenvalue weighted by Crippen LogP contribution is -2.43. The molecule has 0 saturated carbocycles. The first-order valence-corrected chi connectivity index (χ1v) is 8.57. The first-order chi connectivity index (χ1) is 14.0. The number of aromatic nitrogens is 1. The maximum absolute atomic E-state index is 14.4. The molecule has 0 amide bonds. The van der Waals surface area contributed by atoms with Crippen LogP contribution in [0.5, 0.6) is 0 Å². The van der Waals surface area contributed by atoms with E-state index < -0.39 is 11.6 Å². The van der Waals surface area contributed by atoms with Crippen molar-refractivity contribution in [2.24, 2.45) is 5.10 Å². The van der Waals surface area contributed by atoms with Gasteiger partial charge in [0, 0.05) is 18.8 Å². The van der Waals surface area contributed by atoms with Gasteiger partial charge in [0.25, 0.3) is 0 Å². The SMILES string of the molecule is CN1N=C(c2cc(-c3cccc(C#N)c3)cnc2N)N(c2cccc(F)c2F)N1. The Balaban J connectivity index is 1.81. The first-order valence-electron chi connectivity index (χ1n) is 8.57. The van der Waals surface area contributed by atoms with E-state index in [4.69, 9.17) is 11.0 Å². The van der Waals surface area contributed by atoms with Crippen molar-refractivity contribution in [2.45, 2.75) is 0 Å². The molecule has 0 spiro atoms. The number of nitrogens with one attached hydrogen (secondary N) is 1. The minimum atomic E-state index is -1.02. The number of pyridine rings is 1. The number of halogens is 2. The summed E-state index contributed by atoms with van der Waals surface area (Å²) in [5.41, 5.74) is 11.2. The molecule has 0 fully saturated rings. The van der Waals surface area contributed by atoms with Gasteiger partial charge in [-0.05, 0) is 35.9 Å². The van der Waals surface area contributed by atoms with Crippen LogP contribution in [0.2, 0.25) is 0 Å². The van der Waals surface area contributed by atoms with Crippen LogP contribution in [0.25, 0.3) is 11.1 Å². The van der Waals surface area contributed by atoms with Gasteiger partial charge in [0.05, 0.1) is 17.2 Å². The fourth-order valence-electron chi connectivity index (χ4n) is 2.99. The zero-order valence-electron chi connectivity index (χ0n) is 15.3. The van der Waals surface area contributed by atoms with Gasteiger partial charge < -0.3 is 5.73 Å². The van der Waals surface area contributed by atoms with E-state index in [1.807, 2.05) is 6.07 Å². The highest BCUT2D eigenvalue weighted by atomic mass is 19.2. The Morgan fingerprint density at radius 1 is 1.10 bits per heavy atom. The van der Waals surface area contributed by atoms with Crippen LogP contribution in [0.3, 0.4) is 0 Å². The molecule has 1 aromatic heterocycles. The van der Waals surface area contributed by atoms with Crippen LogP contribution in [-0.2, 0) is 0 Å². The van der Waals surface area contributed by atoms with Crippen molar-refractivity contribution in [2.75, 3.05) is 17.8 Å². The van der Waals surface area contributed by atoms with Crippen molar-refractivity contribution in [3.05, 3.63) is 77.5 Å². The quantitative estimate of drug-likeness (QED) is 0.713. The van der Waals surface area contributed by atoms with Gasteiger partial charge in [0.15, 0.2) is 17.5 Å². The number of rotatable bonds is 3. The molecule has 3 aromatic rings. The number of nitrogens with zero attached hydrogens (tertiary/aromatic N) is 5. The molecular weight excluding hydrogens is 376 g/mol. The van der Waals surface area contributed by atoms with Gasteiger partial charge in [-0.3, -0.25) is 0 Å². The van der Waals surface area contributed by atoms with E-state index in [2.05, 4.69) is 21.7 Å². The molecule has 9 heteroatoms. The summed E-state index contributed by atoms with van der Waals surface area (Å²) in [5, 5.41) is 16.1. The van der Waals surface area contributed by atoms with Crippen molar-refractivity contribution in [1.29, 1.82) is 5.26 Å². The van der Waals surface area contributed by atoms with E-state index in [0.29, 0.717) is 16.7 Å². The minimum absolute atomic E-state index is 0.0515. The molecule has 0 radical (unpaired) electrons. The minimum Gasteiger partial charge on any atom is -0.383 e. The van der Waals surface area contributed by atoms with Gasteiger partial charge in [-0.1, -0.05) is 18.2 Å². The van der Waals surface area contributed by atoms with Crippen LogP contribution < -0.4 is 16.3 Å². The molecule has 0 aliphatic carbocycles. The van der Waals surface area contributed by atoms with Crippen LogP contribution in [0.1, 0.15) is 11.1 Å². The summed E-state index contributed by atoms with van der Waals surface area (Å²) in [6.07, 6.45) is 1.58. The highest BCUT2D eigenvalue weighted by Gasteiger charge is 2.29. The molecule has 7 nitrogen and oxygen atoms in total.